The van der Waals surface area contributed by atoms with Crippen LogP contribution < -0.4 is 13.9 Å². The van der Waals surface area contributed by atoms with E-state index in [0.717, 1.165) is 0 Å². The molecule has 0 radical (unpaired) electrons. The van der Waals surface area contributed by atoms with E-state index in [2.05, 4.69) is 33.9 Å². The van der Waals surface area contributed by atoms with E-state index in [-0.39, 0.29) is 17.4 Å². The molecule has 0 amide bonds. The van der Waals surface area contributed by atoms with Crippen molar-refractivity contribution in [2.45, 2.75) is 38.9 Å². The van der Waals surface area contributed by atoms with Gasteiger partial charge >= 0.3 is 0 Å². The van der Waals surface area contributed by atoms with Crippen LogP contribution >= 0.6 is 0 Å². The van der Waals surface area contributed by atoms with E-state index >= 15 is 0 Å². The maximum Gasteiger partial charge on any atom is 0.250 e. The highest BCUT2D eigenvalue weighted by Gasteiger charge is 2.40. The first-order chi connectivity index (χ1) is 11.3. The van der Waals surface area contributed by atoms with Crippen molar-refractivity contribution in [1.82, 2.24) is 0 Å². The molecule has 0 saturated carbocycles. The summed E-state index contributed by atoms with van der Waals surface area (Å²) >= 11 is 0. The molecular weight excluding hydrogens is 296 g/mol. The molecule has 0 fully saturated rings. The van der Waals surface area contributed by atoms with E-state index in [1.165, 1.54) is 7.11 Å². The fourth-order valence-electron chi connectivity index (χ4n) is 1.62. The van der Waals surface area contributed by atoms with E-state index in [1.54, 1.807) is 24.3 Å². The van der Waals surface area contributed by atoms with Gasteiger partial charge in [-0.25, -0.2) is 0 Å². The molecule has 0 aliphatic rings. The van der Waals surface area contributed by atoms with Gasteiger partial charge in [0.25, 0.3) is 8.32 Å². The molecule has 0 atom stereocenters. The molecule has 0 aliphatic carbocycles. The van der Waals surface area contributed by atoms with Gasteiger partial charge < -0.3 is 19.0 Å². The lowest BCUT2D eigenvalue weighted by Crippen LogP contribution is -2.44. The van der Waals surface area contributed by atoms with Crippen molar-refractivity contribution < 1.29 is 23.1 Å². The molecule has 1 aromatic carbocycles. The van der Waals surface area contributed by atoms with E-state index < -0.39 is 15.4 Å². The zero-order valence-corrected chi connectivity index (χ0v) is 15.2. The predicted molar refractivity (Wildman–Crippen MR) is 93.5 cm³/mol. The number of hydrogen-bond donors (Lipinski definition) is 1. The molecule has 1 aromatic rings. The fourth-order valence-corrected chi connectivity index (χ4v) is 2.64. The zero-order valence-electron chi connectivity index (χ0n) is 17.2. The molecule has 0 bridgehead atoms. The number of rotatable bonds is 6. The summed E-state index contributed by atoms with van der Waals surface area (Å²) in [5, 5.41) is 8.87. The second kappa shape index (κ2) is 7.20. The number of aliphatic hydroxyl groups excluding tert-OH is 1. The van der Waals surface area contributed by atoms with Gasteiger partial charge in [-0.2, -0.15) is 0 Å². The van der Waals surface area contributed by atoms with Crippen LogP contribution in [0.3, 0.4) is 0 Å². The highest BCUT2D eigenvalue weighted by molar-refractivity contribution is 6.74. The van der Waals surface area contributed by atoms with Crippen molar-refractivity contribution >= 4 is 14.4 Å². The first-order valence-corrected chi connectivity index (χ1v) is 10.1. The molecule has 0 aliphatic heterocycles. The number of hydrogen-bond acceptors (Lipinski definition) is 4. The maximum absolute atomic E-state index is 8.95. The summed E-state index contributed by atoms with van der Waals surface area (Å²) in [4.78, 5) is 0. The lowest BCUT2D eigenvalue weighted by Gasteiger charge is -2.37. The van der Waals surface area contributed by atoms with Crippen LogP contribution in [0.1, 0.15) is 30.4 Å². The molecule has 1 rings (SSSR count). The van der Waals surface area contributed by atoms with Crippen LogP contribution in [-0.2, 0) is 0 Å². The molecule has 0 saturated heterocycles. The molecule has 0 aromatic heterocycles. The Labute approximate surface area is 139 Å². The van der Waals surface area contributed by atoms with E-state index in [9.17, 15) is 0 Å². The Morgan fingerprint density at radius 2 is 1.82 bits per heavy atom. The standard InChI is InChI=1S/C17H28O4Si/c1-17(2,3)22(6,7)21-16-14(19-4)11-13(9-8-10-18)12-15(16)20-5/h8-9,11-12,18H,10H2,1-7H3/b9-8+/i4D3. The molecule has 1 N–H and O–H groups in total. The Kier molecular flexibility index (Phi) is 4.63. The summed E-state index contributed by atoms with van der Waals surface area (Å²) in [6, 6.07) is 3.30. The van der Waals surface area contributed by atoms with Gasteiger partial charge in [-0.1, -0.05) is 32.9 Å². The maximum atomic E-state index is 8.95. The van der Waals surface area contributed by atoms with Gasteiger partial charge in [-0.3, -0.25) is 0 Å². The Bertz CT molecular complexity index is 620. The van der Waals surface area contributed by atoms with Gasteiger partial charge in [0.15, 0.2) is 17.2 Å². The van der Waals surface area contributed by atoms with Gasteiger partial charge in [0.05, 0.1) is 24.9 Å². The Hall–Kier alpha value is -1.46. The topological polar surface area (TPSA) is 47.9 Å². The second-order valence-electron chi connectivity index (χ2n) is 6.60. The summed E-state index contributed by atoms with van der Waals surface area (Å²) in [6.45, 7) is 10.3. The van der Waals surface area contributed by atoms with Gasteiger partial charge in [-0.05, 0) is 35.8 Å². The Balaban J connectivity index is 3.48. The second-order valence-corrected chi connectivity index (χ2v) is 11.3. The first-order valence-electron chi connectivity index (χ1n) is 8.68. The summed E-state index contributed by atoms with van der Waals surface area (Å²) in [5.74, 6) is 0.789. The average molecular weight is 328 g/mol. The summed E-state index contributed by atoms with van der Waals surface area (Å²) in [7, 11) is -3.37. The molecule has 0 unspecified atom stereocenters. The van der Waals surface area contributed by atoms with Gasteiger partial charge in [-0.15, -0.1) is 0 Å². The summed E-state index contributed by atoms with van der Waals surface area (Å²) in [6.07, 6.45) is 3.20. The van der Waals surface area contributed by atoms with Crippen molar-refractivity contribution in [2.24, 2.45) is 0 Å². The molecule has 0 heterocycles. The molecular formula is C17H28O4Si. The summed E-state index contributed by atoms with van der Waals surface area (Å²) < 4.78 is 39.2. The van der Waals surface area contributed by atoms with Crippen LogP contribution in [0.25, 0.3) is 6.08 Å². The smallest absolute Gasteiger partial charge is 0.250 e. The van der Waals surface area contributed by atoms with Crippen molar-refractivity contribution in [3.05, 3.63) is 23.8 Å². The minimum atomic E-state index is -2.62. The summed E-state index contributed by atoms with van der Waals surface area (Å²) in [5.41, 5.74) is 0.646. The van der Waals surface area contributed by atoms with Gasteiger partial charge in [0, 0.05) is 0 Å². The third kappa shape index (κ3) is 4.27. The van der Waals surface area contributed by atoms with Crippen LogP contribution in [0, 0.1) is 0 Å². The van der Waals surface area contributed by atoms with Crippen molar-refractivity contribution in [1.29, 1.82) is 0 Å². The van der Waals surface area contributed by atoms with Gasteiger partial charge in [0.2, 0.25) is 0 Å². The quantitative estimate of drug-likeness (QED) is 0.799. The Morgan fingerprint density at radius 1 is 1.23 bits per heavy atom. The van der Waals surface area contributed by atoms with Crippen LogP contribution in [0.15, 0.2) is 18.2 Å². The monoisotopic (exact) mass is 327 g/mol. The van der Waals surface area contributed by atoms with Crippen LogP contribution in [-0.4, -0.2) is 34.2 Å². The van der Waals surface area contributed by atoms with Crippen molar-refractivity contribution in [3.63, 3.8) is 0 Å². The van der Waals surface area contributed by atoms with Crippen molar-refractivity contribution in [3.8, 4) is 17.2 Å². The highest BCUT2D eigenvalue weighted by atomic mass is 28.4. The molecule has 124 valence electrons. The third-order valence-corrected chi connectivity index (χ3v) is 8.28. The number of ether oxygens (including phenoxy) is 2. The SMILES string of the molecule is [2H]C([2H])([2H])Oc1cc(/C=C/CO)cc(OC)c1O[Si](C)(C)C(C)(C)C. The highest BCUT2D eigenvalue weighted by Crippen LogP contribution is 2.45. The van der Waals surface area contributed by atoms with E-state index in [0.29, 0.717) is 17.1 Å². The zero-order chi connectivity index (χ0) is 19.5. The van der Waals surface area contributed by atoms with Gasteiger partial charge in [0.1, 0.15) is 0 Å². The number of benzene rings is 1. The van der Waals surface area contributed by atoms with E-state index in [4.69, 9.17) is 23.1 Å². The molecule has 0 spiro atoms. The fraction of sp³-hybridized carbons (Fsp3) is 0.529. The van der Waals surface area contributed by atoms with Crippen LogP contribution in [0.4, 0.5) is 0 Å². The minimum Gasteiger partial charge on any atom is -0.539 e. The predicted octanol–water partition coefficient (Wildman–Crippen LogP) is 4.09. The molecule has 5 heteroatoms. The Morgan fingerprint density at radius 3 is 2.27 bits per heavy atom. The van der Waals surface area contributed by atoms with Crippen LogP contribution in [0.2, 0.25) is 18.1 Å². The van der Waals surface area contributed by atoms with Crippen LogP contribution in [0.5, 0.6) is 17.2 Å². The lowest BCUT2D eigenvalue weighted by atomic mass is 10.1. The van der Waals surface area contributed by atoms with E-state index in [1.807, 2.05) is 0 Å². The molecule has 4 nitrogen and oxygen atoms in total. The normalized spacial score (nSPS) is 15.1. The first kappa shape index (κ1) is 14.1. The largest absolute Gasteiger partial charge is 0.539 e. The number of methoxy groups -OCH3 is 2. The molecule has 22 heavy (non-hydrogen) atoms. The average Bonchev–Trinajstić information content (AvgIpc) is 2.44. The van der Waals surface area contributed by atoms with Crippen molar-refractivity contribution in [2.75, 3.05) is 20.8 Å². The minimum absolute atomic E-state index is 0.0786. The lowest BCUT2D eigenvalue weighted by molar-refractivity contribution is 0.343. The number of aliphatic hydroxyl groups is 1. The third-order valence-electron chi connectivity index (χ3n) is 3.95.